The molecule has 0 bridgehead atoms. The maximum Gasteiger partial charge on any atom is 0.270 e. The van der Waals surface area contributed by atoms with Crippen molar-refractivity contribution >= 4 is 33.7 Å². The fourth-order valence-electron chi connectivity index (χ4n) is 0.946. The van der Waals surface area contributed by atoms with Gasteiger partial charge in [-0.1, -0.05) is 27.2 Å². The van der Waals surface area contributed by atoms with E-state index in [1.807, 2.05) is 19.1 Å². The lowest BCUT2D eigenvalue weighted by Gasteiger charge is -2.05. The summed E-state index contributed by atoms with van der Waals surface area (Å²) in [5.74, 6) is -0.464. The highest BCUT2D eigenvalue weighted by Crippen LogP contribution is 2.20. The van der Waals surface area contributed by atoms with Gasteiger partial charge in [0.1, 0.15) is 6.21 Å². The summed E-state index contributed by atoms with van der Waals surface area (Å²) in [6, 6.07) is 5.53. The van der Waals surface area contributed by atoms with Crippen molar-refractivity contribution in [2.45, 2.75) is 6.92 Å². The lowest BCUT2D eigenvalue weighted by molar-refractivity contribution is -0.110. The molecule has 0 saturated carbocycles. The monoisotopic (exact) mass is 256 g/mol. The third kappa shape index (κ3) is 2.85. The molecule has 0 radical (unpaired) electrons. The number of nitrogens with zero attached hydrogens (tertiary/aromatic N) is 1. The largest absolute Gasteiger partial charge is 0.411 e. The summed E-state index contributed by atoms with van der Waals surface area (Å²) >= 11 is 3.29. The SMILES string of the molecule is Cc1ccc(Br)cc1NC(=O)/C=N\O. The van der Waals surface area contributed by atoms with Crippen molar-refractivity contribution in [3.05, 3.63) is 28.2 Å². The van der Waals surface area contributed by atoms with Gasteiger partial charge < -0.3 is 10.5 Å². The number of carbonyl (C=O) groups excluding carboxylic acids is 1. The molecule has 0 atom stereocenters. The Balaban J connectivity index is 2.85. The summed E-state index contributed by atoms with van der Waals surface area (Å²) in [5.41, 5.74) is 1.62. The molecule has 0 aliphatic carbocycles. The number of anilines is 1. The number of oxime groups is 1. The highest BCUT2D eigenvalue weighted by atomic mass is 79.9. The van der Waals surface area contributed by atoms with Gasteiger partial charge in [0, 0.05) is 10.2 Å². The molecule has 1 amide bonds. The number of benzene rings is 1. The molecule has 5 heteroatoms. The normalized spacial score (nSPS) is 10.4. The van der Waals surface area contributed by atoms with Crippen LogP contribution in [0.3, 0.4) is 0 Å². The van der Waals surface area contributed by atoms with E-state index in [0.29, 0.717) is 5.69 Å². The van der Waals surface area contributed by atoms with Crippen LogP contribution in [0.15, 0.2) is 27.8 Å². The van der Waals surface area contributed by atoms with Crippen LogP contribution in [0.2, 0.25) is 0 Å². The Kier molecular flexibility index (Phi) is 3.64. The van der Waals surface area contributed by atoms with Crippen LogP contribution in [0.25, 0.3) is 0 Å². The number of rotatable bonds is 2. The summed E-state index contributed by atoms with van der Waals surface area (Å²) in [6.07, 6.45) is 0.806. The first-order chi connectivity index (χ1) is 6.63. The minimum absolute atomic E-state index is 0.464. The highest BCUT2D eigenvalue weighted by molar-refractivity contribution is 9.10. The highest BCUT2D eigenvalue weighted by Gasteiger charge is 2.02. The number of nitrogens with one attached hydrogen (secondary N) is 1. The zero-order valence-corrected chi connectivity index (χ0v) is 9.08. The third-order valence-electron chi connectivity index (χ3n) is 1.63. The van der Waals surface area contributed by atoms with E-state index in [1.165, 1.54) is 0 Å². The minimum Gasteiger partial charge on any atom is -0.411 e. The smallest absolute Gasteiger partial charge is 0.270 e. The average molecular weight is 257 g/mol. The Labute approximate surface area is 89.7 Å². The van der Waals surface area contributed by atoms with Crippen LogP contribution in [-0.4, -0.2) is 17.3 Å². The van der Waals surface area contributed by atoms with Crippen LogP contribution >= 0.6 is 15.9 Å². The molecule has 0 spiro atoms. The summed E-state index contributed by atoms with van der Waals surface area (Å²) in [7, 11) is 0. The zero-order chi connectivity index (χ0) is 10.6. The molecule has 0 aliphatic rings. The molecule has 0 aromatic heterocycles. The lowest BCUT2D eigenvalue weighted by Crippen LogP contribution is -2.13. The van der Waals surface area contributed by atoms with E-state index in [-0.39, 0.29) is 0 Å². The fraction of sp³-hybridized carbons (Fsp3) is 0.111. The maximum absolute atomic E-state index is 11.0. The van der Waals surface area contributed by atoms with Crippen LogP contribution in [0.5, 0.6) is 0 Å². The summed E-state index contributed by atoms with van der Waals surface area (Å²) in [6.45, 7) is 1.87. The van der Waals surface area contributed by atoms with Gasteiger partial charge in [0.05, 0.1) is 0 Å². The van der Waals surface area contributed by atoms with Crippen molar-refractivity contribution < 1.29 is 10.0 Å². The van der Waals surface area contributed by atoms with E-state index in [4.69, 9.17) is 5.21 Å². The number of amides is 1. The van der Waals surface area contributed by atoms with E-state index in [0.717, 1.165) is 16.3 Å². The quantitative estimate of drug-likeness (QED) is 0.484. The minimum atomic E-state index is -0.464. The van der Waals surface area contributed by atoms with Crippen molar-refractivity contribution in [3.8, 4) is 0 Å². The first kappa shape index (κ1) is 10.7. The number of halogens is 1. The fourth-order valence-corrected chi connectivity index (χ4v) is 1.31. The topological polar surface area (TPSA) is 61.7 Å². The first-order valence-electron chi connectivity index (χ1n) is 3.88. The lowest BCUT2D eigenvalue weighted by atomic mass is 10.2. The van der Waals surface area contributed by atoms with E-state index >= 15 is 0 Å². The molecule has 1 aromatic carbocycles. The zero-order valence-electron chi connectivity index (χ0n) is 7.49. The molecule has 0 unspecified atom stereocenters. The summed E-state index contributed by atoms with van der Waals surface area (Å²) < 4.78 is 0.874. The van der Waals surface area contributed by atoms with Crippen LogP contribution in [0, 0.1) is 6.92 Å². The van der Waals surface area contributed by atoms with Crippen molar-refractivity contribution in [1.29, 1.82) is 0 Å². The maximum atomic E-state index is 11.0. The van der Waals surface area contributed by atoms with Gasteiger partial charge in [-0.2, -0.15) is 0 Å². The Hall–Kier alpha value is -1.36. The second-order valence-corrected chi connectivity index (χ2v) is 3.61. The number of aryl methyl sites for hydroxylation is 1. The molecule has 0 heterocycles. The molecular weight excluding hydrogens is 248 g/mol. The molecule has 74 valence electrons. The third-order valence-corrected chi connectivity index (χ3v) is 2.13. The molecule has 0 saturated heterocycles. The number of hydrogen-bond donors (Lipinski definition) is 2. The van der Waals surface area contributed by atoms with Crippen LogP contribution < -0.4 is 5.32 Å². The Morgan fingerprint density at radius 3 is 3.00 bits per heavy atom. The van der Waals surface area contributed by atoms with E-state index in [9.17, 15) is 4.79 Å². The van der Waals surface area contributed by atoms with Crippen LogP contribution in [0.1, 0.15) is 5.56 Å². The molecule has 2 N–H and O–H groups in total. The van der Waals surface area contributed by atoms with Gasteiger partial charge in [0.25, 0.3) is 5.91 Å². The molecule has 4 nitrogen and oxygen atoms in total. The Bertz CT molecular complexity index is 377. The summed E-state index contributed by atoms with van der Waals surface area (Å²) in [4.78, 5) is 11.0. The molecule has 0 aliphatic heterocycles. The standard InChI is InChI=1S/C9H9BrN2O2/c1-6-2-3-7(10)4-8(6)12-9(13)5-11-14/h2-5,14H,1H3,(H,12,13)/b11-5-. The average Bonchev–Trinajstić information content (AvgIpc) is 2.12. The molecule has 0 fully saturated rings. The molecule has 1 aromatic rings. The van der Waals surface area contributed by atoms with Gasteiger partial charge >= 0.3 is 0 Å². The van der Waals surface area contributed by atoms with Crippen LogP contribution in [-0.2, 0) is 4.79 Å². The molecular formula is C9H9BrN2O2. The van der Waals surface area contributed by atoms with E-state index in [1.54, 1.807) is 6.07 Å². The van der Waals surface area contributed by atoms with Crippen molar-refractivity contribution in [2.24, 2.45) is 5.16 Å². The van der Waals surface area contributed by atoms with Gasteiger partial charge in [-0.25, -0.2) is 0 Å². The Morgan fingerprint density at radius 1 is 1.64 bits per heavy atom. The first-order valence-corrected chi connectivity index (χ1v) is 4.67. The number of hydrogen-bond acceptors (Lipinski definition) is 3. The second kappa shape index (κ2) is 4.76. The molecule has 1 rings (SSSR count). The van der Waals surface area contributed by atoms with E-state index < -0.39 is 5.91 Å². The van der Waals surface area contributed by atoms with E-state index in [2.05, 4.69) is 26.4 Å². The van der Waals surface area contributed by atoms with Gasteiger partial charge in [-0.3, -0.25) is 4.79 Å². The van der Waals surface area contributed by atoms with Crippen molar-refractivity contribution in [2.75, 3.05) is 5.32 Å². The second-order valence-electron chi connectivity index (χ2n) is 2.69. The summed E-state index contributed by atoms with van der Waals surface area (Å²) in [5, 5.41) is 13.3. The Morgan fingerprint density at radius 2 is 2.36 bits per heavy atom. The van der Waals surface area contributed by atoms with Gasteiger partial charge in [0.15, 0.2) is 0 Å². The predicted molar refractivity (Wildman–Crippen MR) is 57.8 cm³/mol. The number of carbonyl (C=O) groups is 1. The van der Waals surface area contributed by atoms with Crippen molar-refractivity contribution in [3.63, 3.8) is 0 Å². The van der Waals surface area contributed by atoms with Gasteiger partial charge in [-0.15, -0.1) is 0 Å². The van der Waals surface area contributed by atoms with Gasteiger partial charge in [-0.05, 0) is 24.6 Å². The van der Waals surface area contributed by atoms with Crippen molar-refractivity contribution in [1.82, 2.24) is 0 Å². The van der Waals surface area contributed by atoms with Gasteiger partial charge in [0.2, 0.25) is 0 Å². The van der Waals surface area contributed by atoms with Crippen LogP contribution in [0.4, 0.5) is 5.69 Å². The molecule has 14 heavy (non-hydrogen) atoms. The predicted octanol–water partition coefficient (Wildman–Crippen LogP) is 2.16.